The third-order valence-electron chi connectivity index (χ3n) is 15.3. The summed E-state index contributed by atoms with van der Waals surface area (Å²) in [6.45, 7) is 46.8. The minimum Gasteiger partial charge on any atom is -0.390 e. The molecule has 0 unspecified atom stereocenters. The van der Waals surface area contributed by atoms with Gasteiger partial charge in [0.1, 0.15) is 39.2 Å². The van der Waals surface area contributed by atoms with E-state index in [2.05, 4.69) is 138 Å². The van der Waals surface area contributed by atoms with E-state index in [0.29, 0.717) is 25.8 Å². The van der Waals surface area contributed by atoms with E-state index in [4.69, 9.17) is 33.9 Å². The van der Waals surface area contributed by atoms with Gasteiger partial charge in [-0.3, -0.25) is 9.69 Å². The largest absolute Gasteiger partial charge is 0.390 e. The molecule has 6 fully saturated rings. The maximum atomic E-state index is 14.5. The van der Waals surface area contributed by atoms with Crippen molar-refractivity contribution in [1.82, 2.24) is 29.8 Å². The van der Waals surface area contributed by atoms with Crippen molar-refractivity contribution in [2.75, 3.05) is 85.0 Å². The summed E-state index contributed by atoms with van der Waals surface area (Å²) < 4.78 is 52.9. The number of likely N-dealkylation sites (tertiary alicyclic amines) is 5. The first-order chi connectivity index (χ1) is 48.9. The minimum absolute atomic E-state index is 0. The molecule has 0 spiro atoms. The normalized spacial score (nSPS) is 16.5. The Morgan fingerprint density at radius 1 is 0.482 bits per heavy atom. The standard InChI is InChI=1S/C17H27NO3Si.C14H17BrFNO2.C14H18BrNO3.C9H13BrSi.C8H15NO3.C8H13NO3.C3H7NO.C2H5B2O3.2CH4.ClH/c1-16(2,3)21-15(19)18-11-17(20,12-18)13-7-9-14(10-8-13)22(4,5)6;1-13(2,3)19-12(18)17-8-14(16,9-17)10-4-6-11(15)7-5-10;1-13(2,3)19-12(17)16-8-14(18,9-16)10-4-6-11(15)7-5-10;1-11(2,3)9-6-4-8(10)5-7-9;2*1-8(2,3)12-7(11)9-4-6(10)5-9;5-3-1-4-2-3;1-3-7-6-2-4-5;;;/h7-10,20H,11-12H2,1-6H3;4-7H,8-9H2,1-3H3;4-7,18H,8-9H2,1-3H3;4-7H,1-3H3;6,10H,4-5H2,1-3H3;4-5H2,1-3H3;3-5H,1-2H2;2H2,1H3;2*1H4;1H. The third-order valence-corrected chi connectivity index (χ3v) is 21.1. The molecule has 0 bridgehead atoms. The molecule has 24 nitrogen and oxygen atoms in total. The van der Waals surface area contributed by atoms with Crippen LogP contribution in [0, 0.1) is 0 Å². The molecule has 5 amide bonds. The first-order valence-corrected chi connectivity index (χ1v) is 44.8. The molecule has 4 aromatic rings. The van der Waals surface area contributed by atoms with E-state index in [9.17, 15) is 48.1 Å². The van der Waals surface area contributed by atoms with E-state index < -0.39 is 73.2 Å². The maximum absolute atomic E-state index is 14.5. The average Bonchev–Trinajstić information content (AvgIpc) is 0.772. The number of benzene rings is 4. The molecule has 4 aromatic carbocycles. The van der Waals surface area contributed by atoms with Gasteiger partial charge in [0.05, 0.1) is 93.8 Å². The number of carbonyl (C=O) groups is 6. The molecule has 1 radical (unpaired) electrons. The van der Waals surface area contributed by atoms with E-state index in [1.807, 2.05) is 98.7 Å². The number of amides is 5. The molecule has 6 aliphatic heterocycles. The quantitative estimate of drug-likeness (QED) is 0.0342. The fraction of sp³-hybridized carbons (Fsp3) is 0.610. The maximum Gasteiger partial charge on any atom is 0.0788 e. The Morgan fingerprint density at radius 3 is 1.00 bits per heavy atom. The number of hydrogen-bond acceptors (Lipinski definition) is 19. The van der Waals surface area contributed by atoms with Gasteiger partial charge in [0, 0.05) is 26.5 Å². The second kappa shape index (κ2) is 44.5. The van der Waals surface area contributed by atoms with Crippen LogP contribution in [0.1, 0.15) is 135 Å². The van der Waals surface area contributed by atoms with Crippen LogP contribution in [0.2, 0.25) is 46.1 Å². The zero-order valence-electron chi connectivity index (χ0n) is 66.9. The molecule has 619 valence electrons. The van der Waals surface area contributed by atoms with Gasteiger partial charge in [0.15, 0.2) is 11.5 Å². The van der Waals surface area contributed by atoms with Crippen LogP contribution in [0.3, 0.4) is 0 Å². The van der Waals surface area contributed by atoms with E-state index in [0.717, 1.165) is 33.2 Å². The summed E-state index contributed by atoms with van der Waals surface area (Å²) >= 11 is 10.1. The molecule has 110 heavy (non-hydrogen) atoms. The van der Waals surface area contributed by atoms with Gasteiger partial charge in [-0.05, 0) is 157 Å². The van der Waals surface area contributed by atoms with Crippen molar-refractivity contribution in [3.63, 3.8) is 0 Å². The molecular weight excluding hydrogens is 1670 g/mol. The molecule has 6 aliphatic rings. The van der Waals surface area contributed by atoms with Crippen LogP contribution >= 0.6 is 60.2 Å². The van der Waals surface area contributed by atoms with E-state index in [-0.39, 0.29) is 122 Å². The summed E-state index contributed by atoms with van der Waals surface area (Å²) in [4.78, 5) is 84.1. The fourth-order valence-electron chi connectivity index (χ4n) is 9.56. The number of nitrogens with one attached hydrogen (secondary N) is 1. The number of aliphatic hydroxyl groups is 4. The smallest absolute Gasteiger partial charge is 0.0788 e. The number of ketones is 1. The Bertz CT molecular complexity index is 3390. The fourth-order valence-corrected chi connectivity index (χ4v) is 12.7. The van der Waals surface area contributed by atoms with Crippen LogP contribution in [-0.2, 0) is 59.7 Å². The molecular formula is C77H124B2Br3ClFN6O18Si2. The SMILES string of the molecule is C.C.CC(C)(C)OC(=O)N1CC(=O)C1.CC(C)(C)OC(=O)N1CC(F)(c2ccc(Br)cc2)C1.CC(C)(C)OC(=O)N1CC(O)(c2ccc(Br)cc2)C1.CC(C)(C)OC(=O)N1CC(O)(c2ccc([Si](C)(C)C)cc2)C1.CC(C)(C)OC(=O)N1CC(O)C1.C[B]OOCB=O.C[Si](C)(C)c1ccc(Br)cc1.Cl.OC1CNC1. The topological polar surface area (TPSA) is 293 Å². The van der Waals surface area contributed by atoms with Crippen molar-refractivity contribution < 1.29 is 91.7 Å². The zero-order valence-corrected chi connectivity index (χ0v) is 74.5. The summed E-state index contributed by atoms with van der Waals surface area (Å²) in [6, 6.07) is 31.4. The Labute approximate surface area is 688 Å². The van der Waals surface area contributed by atoms with Crippen molar-refractivity contribution in [2.24, 2.45) is 0 Å². The van der Waals surface area contributed by atoms with Crippen LogP contribution in [0.25, 0.3) is 0 Å². The van der Waals surface area contributed by atoms with Crippen LogP contribution in [-0.4, -0.2) is 237 Å². The second-order valence-corrected chi connectivity index (χ2v) is 46.5. The molecule has 6 saturated heterocycles. The summed E-state index contributed by atoms with van der Waals surface area (Å²) in [6.07, 6.45) is -2.36. The Kier molecular flexibility index (Phi) is 42.3. The van der Waals surface area contributed by atoms with Gasteiger partial charge in [-0.1, -0.05) is 173 Å². The molecule has 0 aliphatic carbocycles. The van der Waals surface area contributed by atoms with Gasteiger partial charge in [-0.25, -0.2) is 28.4 Å². The van der Waals surface area contributed by atoms with Crippen LogP contribution in [0.4, 0.5) is 28.4 Å². The van der Waals surface area contributed by atoms with Crippen LogP contribution < -0.4 is 15.7 Å². The Balaban J connectivity index is 0.00000127. The number of rotatable bonds is 9. The third kappa shape index (κ3) is 38.6. The molecule has 5 N–H and O–H groups in total. The number of Topliss-reactive ketones (excluding diaryl/α,β-unsaturated/α-hetero) is 1. The minimum atomic E-state index is -1.46. The average molecular weight is 1790 g/mol. The first-order valence-electron chi connectivity index (χ1n) is 35.4. The van der Waals surface area contributed by atoms with Gasteiger partial charge in [0.25, 0.3) is 0 Å². The molecule has 0 atom stereocenters. The number of nitrogens with zero attached hydrogens (tertiary/aromatic N) is 5. The Morgan fingerprint density at radius 2 is 0.745 bits per heavy atom. The number of aliphatic hydroxyl groups excluding tert-OH is 2. The predicted molar refractivity (Wildman–Crippen MR) is 450 cm³/mol. The molecule has 0 saturated carbocycles. The summed E-state index contributed by atoms with van der Waals surface area (Å²) in [7, 11) is -0.444. The van der Waals surface area contributed by atoms with Crippen molar-refractivity contribution in [3.8, 4) is 0 Å². The summed E-state index contributed by atoms with van der Waals surface area (Å²) in [5.74, 6) is 0.0841. The number of carbonyl (C=O) groups excluding carboxylic acids is 6. The van der Waals surface area contributed by atoms with Gasteiger partial charge in [0.2, 0.25) is 0 Å². The number of alkyl halides is 1. The molecule has 33 heteroatoms. The van der Waals surface area contributed by atoms with Crippen molar-refractivity contribution in [3.05, 3.63) is 127 Å². The van der Waals surface area contributed by atoms with Gasteiger partial charge < -0.3 is 69.0 Å². The van der Waals surface area contributed by atoms with Gasteiger partial charge in [-0.15, -0.1) is 12.4 Å². The number of hydrogen-bond donors (Lipinski definition) is 5. The van der Waals surface area contributed by atoms with Crippen LogP contribution in [0.15, 0.2) is 110 Å². The second-order valence-electron chi connectivity index (χ2n) is 33.6. The zero-order chi connectivity index (χ0) is 81.7. The number of ether oxygens (including phenoxy) is 5. The van der Waals surface area contributed by atoms with Crippen molar-refractivity contribution >= 4 is 138 Å². The summed E-state index contributed by atoms with van der Waals surface area (Å²) in [5, 5.41) is 44.2. The number of β-amino-alcohol motifs (C(OH)–C–C–N with tert-alkyl or cyclic N) is 4. The molecule has 10 rings (SSSR count). The predicted octanol–water partition coefficient (Wildman–Crippen LogP) is 14.1. The molecule has 6 heterocycles. The first kappa shape index (κ1) is 105. The van der Waals surface area contributed by atoms with Gasteiger partial charge >= 0.3 is 72.8 Å². The monoisotopic (exact) mass is 1790 g/mol. The van der Waals surface area contributed by atoms with E-state index in [1.165, 1.54) is 46.8 Å². The Hall–Kier alpha value is -5.36. The van der Waals surface area contributed by atoms with Crippen LogP contribution in [0.5, 0.6) is 0 Å². The molecule has 0 aromatic heterocycles. The number of halogens is 5. The van der Waals surface area contributed by atoms with Crippen molar-refractivity contribution in [1.29, 1.82) is 0 Å². The van der Waals surface area contributed by atoms with Gasteiger partial charge in [-0.2, -0.15) is 0 Å². The summed E-state index contributed by atoms with van der Waals surface area (Å²) in [5.41, 5.74) is -3.59. The van der Waals surface area contributed by atoms with E-state index >= 15 is 0 Å². The van der Waals surface area contributed by atoms with E-state index in [1.54, 1.807) is 72.6 Å². The van der Waals surface area contributed by atoms with Crippen molar-refractivity contribution in [2.45, 2.75) is 222 Å².